The molecule has 0 radical (unpaired) electrons. The molecule has 1 saturated heterocycles. The van der Waals surface area contributed by atoms with Crippen LogP contribution in [0.4, 0.5) is 0 Å². The third-order valence-corrected chi connectivity index (χ3v) is 3.58. The summed E-state index contributed by atoms with van der Waals surface area (Å²) in [5, 5.41) is 3.66. The smallest absolute Gasteiger partial charge is 0.120 e. The van der Waals surface area contributed by atoms with Crippen LogP contribution in [0.3, 0.4) is 0 Å². The van der Waals surface area contributed by atoms with Crippen molar-refractivity contribution in [2.24, 2.45) is 0 Å². The van der Waals surface area contributed by atoms with E-state index in [0.717, 1.165) is 5.76 Å². The maximum absolute atomic E-state index is 5.42. The molecule has 0 amide bonds. The first-order valence-electron chi connectivity index (χ1n) is 6.81. The summed E-state index contributed by atoms with van der Waals surface area (Å²) in [5.41, 5.74) is 0. The SMILES string of the molecule is CCCN1CCC(N[C@H](C)c2ccco2)CC1. The first-order chi connectivity index (χ1) is 8.29. The van der Waals surface area contributed by atoms with Crippen LogP contribution in [0.15, 0.2) is 22.8 Å². The second kappa shape index (κ2) is 6.22. The van der Waals surface area contributed by atoms with Gasteiger partial charge in [-0.05, 0) is 58.0 Å². The fourth-order valence-electron chi connectivity index (χ4n) is 2.61. The largest absolute Gasteiger partial charge is 0.468 e. The molecule has 0 aliphatic carbocycles. The van der Waals surface area contributed by atoms with E-state index >= 15 is 0 Å². The van der Waals surface area contributed by atoms with Gasteiger partial charge in [-0.25, -0.2) is 0 Å². The highest BCUT2D eigenvalue weighted by Crippen LogP contribution is 2.17. The number of likely N-dealkylation sites (tertiary alicyclic amines) is 1. The summed E-state index contributed by atoms with van der Waals surface area (Å²) in [7, 11) is 0. The summed E-state index contributed by atoms with van der Waals surface area (Å²) in [6.07, 6.45) is 5.52. The predicted octanol–water partition coefficient (Wildman–Crippen LogP) is 2.80. The molecule has 1 fully saturated rings. The van der Waals surface area contributed by atoms with E-state index in [0.29, 0.717) is 12.1 Å². The summed E-state index contributed by atoms with van der Waals surface area (Å²) >= 11 is 0. The number of furan rings is 1. The standard InChI is InChI=1S/C14H24N2O/c1-3-8-16-9-6-13(7-10-16)15-12(2)14-5-4-11-17-14/h4-5,11-13,15H,3,6-10H2,1-2H3/t12-/m1/s1. The van der Waals surface area contributed by atoms with Crippen LogP contribution in [0.1, 0.15) is 44.9 Å². The van der Waals surface area contributed by atoms with Gasteiger partial charge >= 0.3 is 0 Å². The molecule has 1 aromatic rings. The summed E-state index contributed by atoms with van der Waals surface area (Å²) in [6.45, 7) is 8.15. The molecule has 0 aromatic carbocycles. The maximum atomic E-state index is 5.42. The molecule has 2 rings (SSSR count). The van der Waals surface area contributed by atoms with Crippen molar-refractivity contribution in [3.05, 3.63) is 24.2 Å². The molecule has 1 aliphatic rings. The molecule has 0 saturated carbocycles. The Hall–Kier alpha value is -0.800. The van der Waals surface area contributed by atoms with Crippen molar-refractivity contribution < 1.29 is 4.42 Å². The third-order valence-electron chi connectivity index (χ3n) is 3.58. The zero-order valence-corrected chi connectivity index (χ0v) is 11.0. The van der Waals surface area contributed by atoms with Crippen LogP contribution >= 0.6 is 0 Å². The first kappa shape index (κ1) is 12.7. The molecule has 1 aromatic heterocycles. The van der Waals surface area contributed by atoms with Crippen LogP contribution in [0.5, 0.6) is 0 Å². The minimum absolute atomic E-state index is 0.327. The van der Waals surface area contributed by atoms with Crippen molar-refractivity contribution in [2.75, 3.05) is 19.6 Å². The molecule has 2 heterocycles. The lowest BCUT2D eigenvalue weighted by atomic mass is 10.0. The summed E-state index contributed by atoms with van der Waals surface area (Å²) < 4.78 is 5.42. The number of piperidine rings is 1. The van der Waals surface area contributed by atoms with Crippen molar-refractivity contribution in [1.29, 1.82) is 0 Å². The van der Waals surface area contributed by atoms with E-state index < -0.39 is 0 Å². The average Bonchev–Trinajstić information content (AvgIpc) is 2.86. The van der Waals surface area contributed by atoms with Gasteiger partial charge in [-0.2, -0.15) is 0 Å². The zero-order chi connectivity index (χ0) is 12.1. The van der Waals surface area contributed by atoms with E-state index in [-0.39, 0.29) is 0 Å². The molecule has 96 valence electrons. The Balaban J connectivity index is 1.74. The van der Waals surface area contributed by atoms with Crippen molar-refractivity contribution in [3.8, 4) is 0 Å². The Morgan fingerprint density at radius 1 is 1.47 bits per heavy atom. The number of nitrogens with zero attached hydrogens (tertiary/aromatic N) is 1. The summed E-state index contributed by atoms with van der Waals surface area (Å²) in [6, 6.07) is 4.97. The van der Waals surface area contributed by atoms with E-state index in [9.17, 15) is 0 Å². The highest BCUT2D eigenvalue weighted by Gasteiger charge is 2.20. The van der Waals surface area contributed by atoms with E-state index in [1.807, 2.05) is 12.1 Å². The molecule has 1 N–H and O–H groups in total. The van der Waals surface area contributed by atoms with Gasteiger partial charge in [-0.3, -0.25) is 0 Å². The van der Waals surface area contributed by atoms with Gasteiger partial charge in [0.25, 0.3) is 0 Å². The van der Waals surface area contributed by atoms with E-state index in [4.69, 9.17) is 4.42 Å². The van der Waals surface area contributed by atoms with Gasteiger partial charge in [-0.1, -0.05) is 6.92 Å². The topological polar surface area (TPSA) is 28.4 Å². The van der Waals surface area contributed by atoms with E-state index in [2.05, 4.69) is 24.1 Å². The van der Waals surface area contributed by atoms with Gasteiger partial charge < -0.3 is 14.6 Å². The van der Waals surface area contributed by atoms with Crippen LogP contribution < -0.4 is 5.32 Å². The van der Waals surface area contributed by atoms with Gasteiger partial charge in [0.15, 0.2) is 0 Å². The summed E-state index contributed by atoms with van der Waals surface area (Å²) in [5.74, 6) is 1.04. The number of hydrogen-bond donors (Lipinski definition) is 1. The lowest BCUT2D eigenvalue weighted by Crippen LogP contribution is -2.43. The van der Waals surface area contributed by atoms with Gasteiger partial charge in [0.1, 0.15) is 5.76 Å². The predicted molar refractivity (Wildman–Crippen MR) is 70.0 cm³/mol. The average molecular weight is 236 g/mol. The van der Waals surface area contributed by atoms with Gasteiger partial charge in [0.05, 0.1) is 12.3 Å². The number of nitrogens with one attached hydrogen (secondary N) is 1. The molecule has 3 heteroatoms. The number of rotatable bonds is 5. The van der Waals surface area contributed by atoms with E-state index in [1.54, 1.807) is 6.26 Å². The van der Waals surface area contributed by atoms with Crippen molar-refractivity contribution in [2.45, 2.75) is 45.2 Å². The van der Waals surface area contributed by atoms with Gasteiger partial charge in [-0.15, -0.1) is 0 Å². The molecule has 1 atom stereocenters. The minimum Gasteiger partial charge on any atom is -0.468 e. The zero-order valence-electron chi connectivity index (χ0n) is 11.0. The monoisotopic (exact) mass is 236 g/mol. The summed E-state index contributed by atoms with van der Waals surface area (Å²) in [4.78, 5) is 2.57. The van der Waals surface area contributed by atoms with Crippen molar-refractivity contribution in [1.82, 2.24) is 10.2 Å². The second-order valence-corrected chi connectivity index (χ2v) is 5.02. The molecule has 17 heavy (non-hydrogen) atoms. The molecule has 0 bridgehead atoms. The lowest BCUT2D eigenvalue weighted by Gasteiger charge is -2.33. The molecule has 1 aliphatic heterocycles. The Morgan fingerprint density at radius 2 is 2.24 bits per heavy atom. The Labute approximate surface area is 104 Å². The Morgan fingerprint density at radius 3 is 2.82 bits per heavy atom. The molecule has 3 nitrogen and oxygen atoms in total. The molecule has 0 spiro atoms. The highest BCUT2D eigenvalue weighted by molar-refractivity contribution is 5.03. The normalized spacial score (nSPS) is 20.6. The number of hydrogen-bond acceptors (Lipinski definition) is 3. The van der Waals surface area contributed by atoms with Crippen LogP contribution in [0, 0.1) is 0 Å². The quantitative estimate of drug-likeness (QED) is 0.852. The minimum atomic E-state index is 0.327. The molecule has 0 unspecified atom stereocenters. The maximum Gasteiger partial charge on any atom is 0.120 e. The second-order valence-electron chi connectivity index (χ2n) is 5.02. The van der Waals surface area contributed by atoms with Crippen molar-refractivity contribution >= 4 is 0 Å². The van der Waals surface area contributed by atoms with Crippen LogP contribution in [0.25, 0.3) is 0 Å². The van der Waals surface area contributed by atoms with Gasteiger partial charge in [0.2, 0.25) is 0 Å². The van der Waals surface area contributed by atoms with Crippen molar-refractivity contribution in [3.63, 3.8) is 0 Å². The fraction of sp³-hybridized carbons (Fsp3) is 0.714. The Kier molecular flexibility index (Phi) is 4.63. The third kappa shape index (κ3) is 3.58. The van der Waals surface area contributed by atoms with Gasteiger partial charge in [0, 0.05) is 6.04 Å². The van der Waals surface area contributed by atoms with Crippen LogP contribution in [0.2, 0.25) is 0 Å². The van der Waals surface area contributed by atoms with E-state index in [1.165, 1.54) is 38.9 Å². The van der Waals surface area contributed by atoms with Crippen LogP contribution in [-0.2, 0) is 0 Å². The Bertz CT molecular complexity index is 302. The fourth-order valence-corrected chi connectivity index (χ4v) is 2.61. The highest BCUT2D eigenvalue weighted by atomic mass is 16.3. The van der Waals surface area contributed by atoms with Crippen LogP contribution in [-0.4, -0.2) is 30.6 Å². The lowest BCUT2D eigenvalue weighted by molar-refractivity contribution is 0.190. The first-order valence-corrected chi connectivity index (χ1v) is 6.81. The molecular weight excluding hydrogens is 212 g/mol. The molecular formula is C14H24N2O.